The van der Waals surface area contributed by atoms with Crippen LogP contribution in [-0.2, 0) is 22.4 Å². The SMILES string of the molecule is NC(=O)COC(=O)c1csc2c1CCCC2. The molecule has 0 spiro atoms. The van der Waals surface area contributed by atoms with Crippen molar-refractivity contribution in [1.82, 2.24) is 0 Å². The van der Waals surface area contributed by atoms with Gasteiger partial charge in [-0.3, -0.25) is 4.79 Å². The fourth-order valence-corrected chi connectivity index (χ4v) is 2.99. The van der Waals surface area contributed by atoms with Crippen LogP contribution in [-0.4, -0.2) is 18.5 Å². The van der Waals surface area contributed by atoms with E-state index in [2.05, 4.69) is 0 Å². The second-order valence-corrected chi connectivity index (χ2v) is 4.76. The fraction of sp³-hybridized carbons (Fsp3) is 0.455. The first kappa shape index (κ1) is 11.1. The molecule has 1 aromatic rings. The molecule has 2 rings (SSSR count). The summed E-state index contributed by atoms with van der Waals surface area (Å²) in [5.74, 6) is -1.06. The molecule has 5 heteroatoms. The summed E-state index contributed by atoms with van der Waals surface area (Å²) in [6.45, 7) is -0.344. The van der Waals surface area contributed by atoms with Gasteiger partial charge in [-0.15, -0.1) is 11.3 Å². The summed E-state index contributed by atoms with van der Waals surface area (Å²) in [5.41, 5.74) is 6.63. The molecule has 1 aliphatic rings. The predicted octanol–water partition coefficient (Wildman–Crippen LogP) is 1.27. The van der Waals surface area contributed by atoms with E-state index in [0.717, 1.165) is 24.8 Å². The lowest BCUT2D eigenvalue weighted by Crippen LogP contribution is -2.21. The summed E-state index contributed by atoms with van der Waals surface area (Å²) in [6, 6.07) is 0. The van der Waals surface area contributed by atoms with Crippen LogP contribution >= 0.6 is 11.3 Å². The number of primary amides is 1. The molecule has 0 aromatic carbocycles. The molecule has 4 nitrogen and oxygen atoms in total. The van der Waals surface area contributed by atoms with Crippen molar-refractivity contribution in [1.29, 1.82) is 0 Å². The first-order valence-corrected chi connectivity index (χ1v) is 6.11. The van der Waals surface area contributed by atoms with Crippen LogP contribution in [0.25, 0.3) is 0 Å². The molecule has 0 aliphatic heterocycles. The number of rotatable bonds is 3. The molecule has 1 heterocycles. The molecule has 0 bridgehead atoms. The molecule has 1 amide bonds. The van der Waals surface area contributed by atoms with Gasteiger partial charge in [0.25, 0.3) is 5.91 Å². The molecule has 0 unspecified atom stereocenters. The zero-order chi connectivity index (χ0) is 11.5. The van der Waals surface area contributed by atoms with E-state index in [1.54, 1.807) is 11.3 Å². The van der Waals surface area contributed by atoms with Gasteiger partial charge in [0.05, 0.1) is 5.56 Å². The van der Waals surface area contributed by atoms with Gasteiger partial charge in [-0.05, 0) is 31.2 Å². The summed E-state index contributed by atoms with van der Waals surface area (Å²) in [6.07, 6.45) is 4.27. The van der Waals surface area contributed by atoms with Gasteiger partial charge in [0, 0.05) is 10.3 Å². The normalized spacial score (nSPS) is 14.2. The topological polar surface area (TPSA) is 69.4 Å². The highest BCUT2D eigenvalue weighted by atomic mass is 32.1. The van der Waals surface area contributed by atoms with E-state index in [-0.39, 0.29) is 6.61 Å². The number of carbonyl (C=O) groups is 2. The zero-order valence-corrected chi connectivity index (χ0v) is 9.64. The fourth-order valence-electron chi connectivity index (χ4n) is 1.88. The summed E-state index contributed by atoms with van der Waals surface area (Å²) < 4.78 is 4.81. The summed E-state index contributed by atoms with van der Waals surface area (Å²) in [7, 11) is 0. The Morgan fingerprint density at radius 3 is 2.88 bits per heavy atom. The summed E-state index contributed by atoms with van der Waals surface area (Å²) in [5, 5.41) is 1.82. The summed E-state index contributed by atoms with van der Waals surface area (Å²) >= 11 is 1.60. The number of esters is 1. The van der Waals surface area contributed by atoms with Crippen LogP contribution in [0.2, 0.25) is 0 Å². The van der Waals surface area contributed by atoms with Crippen molar-refractivity contribution in [2.45, 2.75) is 25.7 Å². The van der Waals surface area contributed by atoms with Crippen LogP contribution in [0.15, 0.2) is 5.38 Å². The van der Waals surface area contributed by atoms with E-state index in [0.29, 0.717) is 5.56 Å². The number of thiophene rings is 1. The van der Waals surface area contributed by atoms with Crippen LogP contribution in [0.5, 0.6) is 0 Å². The molecule has 1 aromatic heterocycles. The lowest BCUT2D eigenvalue weighted by atomic mass is 9.96. The highest BCUT2D eigenvalue weighted by Crippen LogP contribution is 2.30. The maximum atomic E-state index is 11.7. The highest BCUT2D eigenvalue weighted by Gasteiger charge is 2.21. The van der Waals surface area contributed by atoms with Crippen LogP contribution in [0, 0.1) is 0 Å². The Balaban J connectivity index is 2.11. The quantitative estimate of drug-likeness (QED) is 0.807. The molecule has 0 atom stereocenters. The lowest BCUT2D eigenvalue weighted by molar-refractivity contribution is -0.121. The van der Waals surface area contributed by atoms with E-state index in [4.69, 9.17) is 10.5 Å². The van der Waals surface area contributed by atoms with Crippen molar-refractivity contribution >= 4 is 23.2 Å². The van der Waals surface area contributed by atoms with Crippen molar-refractivity contribution in [3.8, 4) is 0 Å². The highest BCUT2D eigenvalue weighted by molar-refractivity contribution is 7.10. The van der Waals surface area contributed by atoms with Crippen molar-refractivity contribution in [3.05, 3.63) is 21.4 Å². The standard InChI is InChI=1S/C11H13NO3S/c12-10(13)5-15-11(14)8-6-16-9-4-2-1-3-7(8)9/h6H,1-5H2,(H2,12,13). The third-order valence-corrected chi connectivity index (χ3v) is 3.72. The minimum atomic E-state index is -0.627. The molecular formula is C11H13NO3S. The molecule has 0 radical (unpaired) electrons. The second-order valence-electron chi connectivity index (χ2n) is 3.80. The first-order valence-electron chi connectivity index (χ1n) is 5.23. The summed E-state index contributed by atoms with van der Waals surface area (Å²) in [4.78, 5) is 23.4. The Hall–Kier alpha value is -1.36. The third-order valence-electron chi connectivity index (χ3n) is 2.63. The Morgan fingerprint density at radius 1 is 1.38 bits per heavy atom. The number of fused-ring (bicyclic) bond motifs is 1. The Labute approximate surface area is 97.4 Å². The minimum Gasteiger partial charge on any atom is -0.452 e. The predicted molar refractivity (Wildman–Crippen MR) is 60.4 cm³/mol. The van der Waals surface area contributed by atoms with Crippen LogP contribution in [0.1, 0.15) is 33.6 Å². The molecule has 86 valence electrons. The molecule has 2 N–H and O–H groups in total. The Morgan fingerprint density at radius 2 is 2.12 bits per heavy atom. The number of ether oxygens (including phenoxy) is 1. The van der Waals surface area contributed by atoms with Crippen LogP contribution < -0.4 is 5.73 Å². The van der Waals surface area contributed by atoms with E-state index >= 15 is 0 Å². The Kier molecular flexibility index (Phi) is 3.24. The number of carbonyl (C=O) groups excluding carboxylic acids is 2. The van der Waals surface area contributed by atoms with E-state index in [9.17, 15) is 9.59 Å². The zero-order valence-electron chi connectivity index (χ0n) is 8.82. The molecule has 16 heavy (non-hydrogen) atoms. The number of hydrogen-bond donors (Lipinski definition) is 1. The van der Waals surface area contributed by atoms with E-state index < -0.39 is 11.9 Å². The Bertz CT molecular complexity index is 425. The molecular weight excluding hydrogens is 226 g/mol. The average Bonchev–Trinajstić information content (AvgIpc) is 2.69. The molecule has 1 aliphatic carbocycles. The van der Waals surface area contributed by atoms with Gasteiger partial charge in [-0.25, -0.2) is 4.79 Å². The second kappa shape index (κ2) is 4.65. The van der Waals surface area contributed by atoms with Crippen molar-refractivity contribution in [3.63, 3.8) is 0 Å². The maximum Gasteiger partial charge on any atom is 0.339 e. The number of hydrogen-bond acceptors (Lipinski definition) is 4. The van der Waals surface area contributed by atoms with Gasteiger partial charge >= 0.3 is 5.97 Å². The smallest absolute Gasteiger partial charge is 0.339 e. The maximum absolute atomic E-state index is 11.7. The van der Waals surface area contributed by atoms with Crippen molar-refractivity contribution in [2.75, 3.05) is 6.61 Å². The van der Waals surface area contributed by atoms with Gasteiger partial charge in [0.15, 0.2) is 6.61 Å². The third kappa shape index (κ3) is 2.24. The monoisotopic (exact) mass is 239 g/mol. The number of amides is 1. The van der Waals surface area contributed by atoms with Crippen LogP contribution in [0.4, 0.5) is 0 Å². The molecule has 0 fully saturated rings. The van der Waals surface area contributed by atoms with Gasteiger partial charge < -0.3 is 10.5 Å². The minimum absolute atomic E-state index is 0.344. The van der Waals surface area contributed by atoms with Gasteiger partial charge in [-0.2, -0.15) is 0 Å². The van der Waals surface area contributed by atoms with Gasteiger partial charge in [0.2, 0.25) is 0 Å². The van der Waals surface area contributed by atoms with Crippen molar-refractivity contribution < 1.29 is 14.3 Å². The van der Waals surface area contributed by atoms with Gasteiger partial charge in [0.1, 0.15) is 0 Å². The lowest BCUT2D eigenvalue weighted by Gasteiger charge is -2.11. The largest absolute Gasteiger partial charge is 0.452 e. The van der Waals surface area contributed by atoms with E-state index in [1.807, 2.05) is 5.38 Å². The van der Waals surface area contributed by atoms with Crippen LogP contribution in [0.3, 0.4) is 0 Å². The van der Waals surface area contributed by atoms with Gasteiger partial charge in [-0.1, -0.05) is 0 Å². The average molecular weight is 239 g/mol. The number of aryl methyl sites for hydroxylation is 1. The first-order chi connectivity index (χ1) is 7.68. The molecule has 0 saturated carbocycles. The van der Waals surface area contributed by atoms with Crippen molar-refractivity contribution in [2.24, 2.45) is 5.73 Å². The van der Waals surface area contributed by atoms with E-state index in [1.165, 1.54) is 11.3 Å². The molecule has 0 saturated heterocycles. The number of nitrogens with two attached hydrogens (primary N) is 1.